The third kappa shape index (κ3) is 2.87. The first kappa shape index (κ1) is 13.2. The van der Waals surface area contributed by atoms with Crippen molar-refractivity contribution >= 4 is 16.7 Å². The minimum Gasteiger partial charge on any atom is -0.370 e. The molecule has 3 aromatic rings. The maximum Gasteiger partial charge on any atom is 0.288 e. The number of rotatable bonds is 5. The predicted octanol–water partition coefficient (Wildman–Crippen LogP) is 2.58. The van der Waals surface area contributed by atoms with Gasteiger partial charge in [-0.2, -0.15) is 5.10 Å². The van der Waals surface area contributed by atoms with Crippen LogP contribution in [0.5, 0.6) is 0 Å². The second kappa shape index (κ2) is 5.68. The van der Waals surface area contributed by atoms with E-state index in [4.69, 9.17) is 4.74 Å². The molecule has 1 aromatic carbocycles. The Labute approximate surface area is 119 Å². The number of H-pyrrole nitrogens is 1. The number of nitrogens with zero attached hydrogens (tertiary/aromatic N) is 3. The molecule has 0 aliphatic rings. The number of benzene rings is 1. The number of ether oxygens (including phenoxy) is 1. The number of nitro groups is 1. The third-order valence-corrected chi connectivity index (χ3v) is 3.04. The molecule has 0 bridgehead atoms. The van der Waals surface area contributed by atoms with Gasteiger partial charge in [0.2, 0.25) is 0 Å². The Bertz CT molecular complexity index is 770. The van der Waals surface area contributed by atoms with Crippen molar-refractivity contribution < 1.29 is 9.66 Å². The fraction of sp³-hybridized carbons (Fsp3) is 0.143. The van der Waals surface area contributed by atoms with Crippen molar-refractivity contribution in [1.82, 2.24) is 15.2 Å². The zero-order valence-electron chi connectivity index (χ0n) is 11.0. The number of hydrogen-bond acceptors (Lipinski definition) is 5. The first-order valence-electron chi connectivity index (χ1n) is 6.33. The van der Waals surface area contributed by atoms with Crippen molar-refractivity contribution in [2.45, 2.75) is 13.2 Å². The molecular weight excluding hydrogens is 272 g/mol. The fourth-order valence-corrected chi connectivity index (χ4v) is 1.99. The highest BCUT2D eigenvalue weighted by molar-refractivity contribution is 5.79. The van der Waals surface area contributed by atoms with Gasteiger partial charge in [-0.15, -0.1) is 0 Å². The number of fused-ring (bicyclic) bond motifs is 1. The van der Waals surface area contributed by atoms with Crippen LogP contribution >= 0.6 is 0 Å². The molecule has 0 saturated heterocycles. The predicted molar refractivity (Wildman–Crippen MR) is 75.5 cm³/mol. The lowest BCUT2D eigenvalue weighted by molar-refractivity contribution is -0.385. The summed E-state index contributed by atoms with van der Waals surface area (Å²) in [6.07, 6.45) is 1.20. The van der Waals surface area contributed by atoms with Gasteiger partial charge in [-0.1, -0.05) is 30.3 Å². The molecule has 7 heteroatoms. The smallest absolute Gasteiger partial charge is 0.288 e. The van der Waals surface area contributed by atoms with Gasteiger partial charge in [-0.05, 0) is 5.56 Å². The quantitative estimate of drug-likeness (QED) is 0.574. The summed E-state index contributed by atoms with van der Waals surface area (Å²) >= 11 is 0. The van der Waals surface area contributed by atoms with Gasteiger partial charge in [0, 0.05) is 6.07 Å². The zero-order chi connectivity index (χ0) is 14.7. The van der Waals surface area contributed by atoms with E-state index in [2.05, 4.69) is 15.2 Å². The lowest BCUT2D eigenvalue weighted by atomic mass is 10.2. The summed E-state index contributed by atoms with van der Waals surface area (Å²) in [6, 6.07) is 11.2. The van der Waals surface area contributed by atoms with Gasteiger partial charge in [0.25, 0.3) is 5.69 Å². The topological polar surface area (TPSA) is 93.9 Å². The zero-order valence-corrected chi connectivity index (χ0v) is 11.0. The maximum absolute atomic E-state index is 10.8. The molecule has 2 aromatic heterocycles. The summed E-state index contributed by atoms with van der Waals surface area (Å²) < 4.78 is 5.59. The van der Waals surface area contributed by atoms with Crippen LogP contribution in [0, 0.1) is 10.1 Å². The van der Waals surface area contributed by atoms with Crippen LogP contribution in [0.15, 0.2) is 42.6 Å². The molecule has 106 valence electrons. The minimum atomic E-state index is -0.478. The largest absolute Gasteiger partial charge is 0.370 e. The van der Waals surface area contributed by atoms with Gasteiger partial charge in [-0.3, -0.25) is 15.2 Å². The monoisotopic (exact) mass is 284 g/mol. The van der Waals surface area contributed by atoms with Crippen molar-refractivity contribution in [2.75, 3.05) is 0 Å². The molecule has 0 amide bonds. The highest BCUT2D eigenvalue weighted by Crippen LogP contribution is 2.20. The summed E-state index contributed by atoms with van der Waals surface area (Å²) in [6.45, 7) is 0.718. The van der Waals surface area contributed by atoms with Crippen molar-refractivity contribution in [3.63, 3.8) is 0 Å². The van der Waals surface area contributed by atoms with Crippen LogP contribution in [0.2, 0.25) is 0 Å². The first-order valence-corrected chi connectivity index (χ1v) is 6.33. The van der Waals surface area contributed by atoms with Crippen LogP contribution in [0.4, 0.5) is 5.69 Å². The van der Waals surface area contributed by atoms with Crippen LogP contribution in [0.25, 0.3) is 11.0 Å². The molecule has 1 N–H and O–H groups in total. The van der Waals surface area contributed by atoms with Crippen LogP contribution in [-0.4, -0.2) is 20.1 Å². The number of aromatic amines is 1. The Morgan fingerprint density at radius 2 is 2.05 bits per heavy atom. The summed E-state index contributed by atoms with van der Waals surface area (Å²) in [4.78, 5) is 14.3. The van der Waals surface area contributed by atoms with E-state index < -0.39 is 4.92 Å². The Hall–Kier alpha value is -2.80. The molecule has 0 radical (unpaired) electrons. The molecule has 2 heterocycles. The van der Waals surface area contributed by atoms with E-state index in [1.54, 1.807) is 0 Å². The van der Waals surface area contributed by atoms with E-state index in [9.17, 15) is 10.1 Å². The van der Waals surface area contributed by atoms with Gasteiger partial charge in [0.05, 0.1) is 29.2 Å². The SMILES string of the molecule is O=[N+]([O-])c1cnc2[nH]nc(COCc3ccccc3)c2c1. The Morgan fingerprint density at radius 3 is 2.81 bits per heavy atom. The second-order valence-electron chi connectivity index (χ2n) is 4.50. The number of pyridine rings is 1. The molecule has 0 aliphatic heterocycles. The Morgan fingerprint density at radius 1 is 1.24 bits per heavy atom. The van der Waals surface area contributed by atoms with E-state index >= 15 is 0 Å². The molecular formula is C14H12N4O3. The number of hydrogen-bond donors (Lipinski definition) is 1. The fourth-order valence-electron chi connectivity index (χ4n) is 1.99. The molecule has 0 unspecified atom stereocenters. The summed E-state index contributed by atoms with van der Waals surface area (Å²) in [5, 5.41) is 18.2. The van der Waals surface area contributed by atoms with E-state index in [1.807, 2.05) is 30.3 Å². The summed E-state index contributed by atoms with van der Waals surface area (Å²) in [7, 11) is 0. The van der Waals surface area contributed by atoms with Gasteiger partial charge in [0.15, 0.2) is 5.65 Å². The second-order valence-corrected chi connectivity index (χ2v) is 4.50. The van der Waals surface area contributed by atoms with E-state index in [1.165, 1.54) is 12.3 Å². The lowest BCUT2D eigenvalue weighted by Gasteiger charge is -2.02. The van der Waals surface area contributed by atoms with E-state index in [0.29, 0.717) is 23.3 Å². The average Bonchev–Trinajstić information content (AvgIpc) is 2.91. The maximum atomic E-state index is 10.8. The van der Waals surface area contributed by atoms with Gasteiger partial charge >= 0.3 is 0 Å². The normalized spacial score (nSPS) is 10.9. The van der Waals surface area contributed by atoms with E-state index in [0.717, 1.165) is 5.56 Å². The van der Waals surface area contributed by atoms with Gasteiger partial charge in [0.1, 0.15) is 6.20 Å². The minimum absolute atomic E-state index is 0.0618. The standard InChI is InChI=1S/C14H12N4O3/c19-18(20)11-6-12-13(16-17-14(12)15-7-11)9-21-8-10-4-2-1-3-5-10/h1-7H,8-9H2,(H,15,16,17). The van der Waals surface area contributed by atoms with Crippen LogP contribution in [0.3, 0.4) is 0 Å². The summed E-state index contributed by atoms with van der Waals surface area (Å²) in [5.41, 5.74) is 2.12. The number of aromatic nitrogens is 3. The van der Waals surface area contributed by atoms with Crippen molar-refractivity contribution in [3.05, 3.63) is 64.0 Å². The summed E-state index contributed by atoms with van der Waals surface area (Å²) in [5.74, 6) is 0. The van der Waals surface area contributed by atoms with Crippen molar-refractivity contribution in [2.24, 2.45) is 0 Å². The van der Waals surface area contributed by atoms with Gasteiger partial charge in [-0.25, -0.2) is 4.98 Å². The first-order chi connectivity index (χ1) is 10.2. The molecule has 0 aliphatic carbocycles. The Balaban J connectivity index is 1.74. The van der Waals surface area contributed by atoms with Crippen molar-refractivity contribution in [3.8, 4) is 0 Å². The highest BCUT2D eigenvalue weighted by Gasteiger charge is 2.13. The molecule has 21 heavy (non-hydrogen) atoms. The molecule has 3 rings (SSSR count). The lowest BCUT2D eigenvalue weighted by Crippen LogP contribution is -1.95. The van der Waals surface area contributed by atoms with Crippen LogP contribution in [0.1, 0.15) is 11.3 Å². The Kier molecular flexibility index (Phi) is 3.57. The van der Waals surface area contributed by atoms with E-state index in [-0.39, 0.29) is 12.3 Å². The molecule has 0 fully saturated rings. The third-order valence-electron chi connectivity index (χ3n) is 3.04. The number of nitrogens with one attached hydrogen (secondary N) is 1. The molecule has 0 saturated carbocycles. The van der Waals surface area contributed by atoms with Gasteiger partial charge < -0.3 is 4.74 Å². The van der Waals surface area contributed by atoms with Crippen molar-refractivity contribution in [1.29, 1.82) is 0 Å². The van der Waals surface area contributed by atoms with Crippen LogP contribution < -0.4 is 0 Å². The molecule has 7 nitrogen and oxygen atoms in total. The molecule has 0 atom stereocenters. The molecule has 0 spiro atoms. The van der Waals surface area contributed by atoms with Crippen LogP contribution in [-0.2, 0) is 18.0 Å². The average molecular weight is 284 g/mol. The highest BCUT2D eigenvalue weighted by atomic mass is 16.6.